The molecular weight excluding hydrogens is 274 g/mol. The fraction of sp³-hybridized carbons (Fsp3) is 0.263. The molecule has 2 aromatic rings. The summed E-state index contributed by atoms with van der Waals surface area (Å²) in [5.74, 6) is 1.73. The molecule has 0 fully saturated rings. The molecule has 3 nitrogen and oxygen atoms in total. The van der Waals surface area contributed by atoms with E-state index in [0.29, 0.717) is 6.54 Å². The van der Waals surface area contributed by atoms with Crippen LogP contribution in [0.15, 0.2) is 49.1 Å². The molecule has 22 heavy (non-hydrogen) atoms. The number of hydrogen-bond acceptors (Lipinski definition) is 3. The van der Waals surface area contributed by atoms with Crippen molar-refractivity contribution in [1.82, 2.24) is 0 Å². The van der Waals surface area contributed by atoms with Gasteiger partial charge < -0.3 is 15.2 Å². The molecule has 0 saturated carbocycles. The van der Waals surface area contributed by atoms with E-state index >= 15 is 0 Å². The van der Waals surface area contributed by atoms with Crippen molar-refractivity contribution in [3.05, 3.63) is 60.2 Å². The van der Waals surface area contributed by atoms with E-state index in [9.17, 15) is 0 Å². The molecule has 116 valence electrons. The summed E-state index contributed by atoms with van der Waals surface area (Å²) in [4.78, 5) is 0. The molecule has 0 bridgehead atoms. The minimum Gasteiger partial charge on any atom is -0.496 e. The highest BCUT2D eigenvalue weighted by atomic mass is 16.5. The van der Waals surface area contributed by atoms with Crippen LogP contribution < -0.4 is 15.2 Å². The van der Waals surface area contributed by atoms with Crippen molar-refractivity contribution in [2.45, 2.75) is 12.8 Å². The zero-order valence-corrected chi connectivity index (χ0v) is 13.3. The van der Waals surface area contributed by atoms with Gasteiger partial charge in [-0.25, -0.2) is 0 Å². The fourth-order valence-electron chi connectivity index (χ4n) is 2.56. The van der Waals surface area contributed by atoms with Crippen molar-refractivity contribution < 1.29 is 9.47 Å². The van der Waals surface area contributed by atoms with Gasteiger partial charge in [-0.1, -0.05) is 18.2 Å². The minimum absolute atomic E-state index is 0.635. The largest absolute Gasteiger partial charge is 0.496 e. The Labute approximate surface area is 132 Å². The number of benzene rings is 2. The molecule has 0 aliphatic carbocycles. The average Bonchev–Trinajstić information content (AvgIpc) is 2.55. The van der Waals surface area contributed by atoms with Crippen LogP contribution in [-0.4, -0.2) is 20.8 Å². The van der Waals surface area contributed by atoms with E-state index in [4.69, 9.17) is 15.2 Å². The van der Waals surface area contributed by atoms with Crippen molar-refractivity contribution >= 4 is 0 Å². The minimum atomic E-state index is 0.635. The van der Waals surface area contributed by atoms with E-state index in [0.717, 1.165) is 41.0 Å². The van der Waals surface area contributed by atoms with Gasteiger partial charge in [0.1, 0.15) is 11.5 Å². The number of nitrogens with two attached hydrogens (primary N) is 1. The van der Waals surface area contributed by atoms with Crippen molar-refractivity contribution in [3.8, 4) is 22.6 Å². The molecule has 0 spiro atoms. The Balaban J connectivity index is 2.51. The summed E-state index contributed by atoms with van der Waals surface area (Å²) in [6.45, 7) is 4.45. The summed E-state index contributed by atoms with van der Waals surface area (Å²) in [6.07, 6.45) is 3.50. The van der Waals surface area contributed by atoms with Crippen molar-refractivity contribution in [1.29, 1.82) is 0 Å². The predicted molar refractivity (Wildman–Crippen MR) is 91.6 cm³/mol. The monoisotopic (exact) mass is 297 g/mol. The number of ether oxygens (including phenoxy) is 2. The lowest BCUT2D eigenvalue weighted by atomic mass is 9.97. The summed E-state index contributed by atoms with van der Waals surface area (Å²) in [5, 5.41) is 0. The van der Waals surface area contributed by atoms with E-state index in [1.807, 2.05) is 18.2 Å². The molecule has 0 aromatic heterocycles. The standard InChI is InChI=1S/C19H23NO2/c1-4-5-16-13-15(7-9-18(16)21-2)17-12-14(10-11-20)6-8-19(17)22-3/h4,6-9,12-13H,1,5,10-11,20H2,2-3H3. The van der Waals surface area contributed by atoms with Gasteiger partial charge in [0.15, 0.2) is 0 Å². The number of rotatable bonds is 7. The second kappa shape index (κ2) is 7.66. The lowest BCUT2D eigenvalue weighted by Crippen LogP contribution is -2.03. The predicted octanol–water partition coefficient (Wildman–Crippen LogP) is 3.60. The van der Waals surface area contributed by atoms with E-state index in [2.05, 4.69) is 30.8 Å². The molecule has 0 amide bonds. The molecule has 2 rings (SSSR count). The van der Waals surface area contributed by atoms with Crippen LogP contribution in [0, 0.1) is 0 Å². The highest BCUT2D eigenvalue weighted by molar-refractivity contribution is 5.72. The van der Waals surface area contributed by atoms with Crippen LogP contribution in [-0.2, 0) is 12.8 Å². The van der Waals surface area contributed by atoms with E-state index in [1.54, 1.807) is 14.2 Å². The van der Waals surface area contributed by atoms with Crippen molar-refractivity contribution in [2.24, 2.45) is 5.73 Å². The zero-order valence-electron chi connectivity index (χ0n) is 13.3. The molecule has 0 unspecified atom stereocenters. The van der Waals surface area contributed by atoms with Crippen molar-refractivity contribution in [2.75, 3.05) is 20.8 Å². The normalized spacial score (nSPS) is 10.3. The highest BCUT2D eigenvalue weighted by Gasteiger charge is 2.10. The van der Waals surface area contributed by atoms with Crippen molar-refractivity contribution in [3.63, 3.8) is 0 Å². The van der Waals surface area contributed by atoms with Crippen LogP contribution in [0.4, 0.5) is 0 Å². The molecule has 0 radical (unpaired) electrons. The first-order chi connectivity index (χ1) is 10.7. The van der Waals surface area contributed by atoms with Crippen LogP contribution in [0.1, 0.15) is 11.1 Å². The Morgan fingerprint density at radius 1 is 1.05 bits per heavy atom. The average molecular weight is 297 g/mol. The Hall–Kier alpha value is -2.26. The topological polar surface area (TPSA) is 44.5 Å². The summed E-state index contributed by atoms with van der Waals surface area (Å²) < 4.78 is 10.9. The molecular formula is C19H23NO2. The second-order valence-corrected chi connectivity index (χ2v) is 5.09. The smallest absolute Gasteiger partial charge is 0.126 e. The number of methoxy groups -OCH3 is 2. The van der Waals surface area contributed by atoms with E-state index in [-0.39, 0.29) is 0 Å². The van der Waals surface area contributed by atoms with Gasteiger partial charge in [-0.05, 0) is 60.3 Å². The number of hydrogen-bond donors (Lipinski definition) is 1. The Kier molecular flexibility index (Phi) is 5.61. The third-order valence-electron chi connectivity index (χ3n) is 3.65. The Morgan fingerprint density at radius 2 is 1.77 bits per heavy atom. The quantitative estimate of drug-likeness (QED) is 0.794. The molecule has 0 saturated heterocycles. The van der Waals surface area contributed by atoms with Gasteiger partial charge in [-0.15, -0.1) is 6.58 Å². The first-order valence-electron chi connectivity index (χ1n) is 7.38. The van der Waals surface area contributed by atoms with Crippen LogP contribution in [0.3, 0.4) is 0 Å². The molecule has 3 heteroatoms. The molecule has 2 N–H and O–H groups in total. The summed E-state index contributed by atoms with van der Waals surface area (Å²) in [6, 6.07) is 12.4. The Morgan fingerprint density at radius 3 is 2.41 bits per heavy atom. The van der Waals surface area contributed by atoms with Gasteiger partial charge in [0.2, 0.25) is 0 Å². The van der Waals surface area contributed by atoms with Gasteiger partial charge in [0.25, 0.3) is 0 Å². The van der Waals surface area contributed by atoms with Gasteiger partial charge in [0.05, 0.1) is 14.2 Å². The molecule has 0 atom stereocenters. The molecule has 2 aromatic carbocycles. The SMILES string of the molecule is C=CCc1cc(-c2cc(CCN)ccc2OC)ccc1OC. The third kappa shape index (κ3) is 3.49. The van der Waals surface area contributed by atoms with Gasteiger partial charge in [-0.2, -0.15) is 0 Å². The lowest BCUT2D eigenvalue weighted by Gasteiger charge is -2.14. The third-order valence-corrected chi connectivity index (χ3v) is 3.65. The summed E-state index contributed by atoms with van der Waals surface area (Å²) in [7, 11) is 3.37. The van der Waals surface area contributed by atoms with Crippen LogP contribution in [0.2, 0.25) is 0 Å². The lowest BCUT2D eigenvalue weighted by molar-refractivity contribution is 0.410. The van der Waals surface area contributed by atoms with Crippen LogP contribution >= 0.6 is 0 Å². The maximum Gasteiger partial charge on any atom is 0.126 e. The second-order valence-electron chi connectivity index (χ2n) is 5.09. The summed E-state index contributed by atoms with van der Waals surface area (Å²) >= 11 is 0. The van der Waals surface area contributed by atoms with E-state index < -0.39 is 0 Å². The van der Waals surface area contributed by atoms with Gasteiger partial charge in [0, 0.05) is 5.56 Å². The molecule has 0 heterocycles. The summed E-state index contributed by atoms with van der Waals surface area (Å²) in [5.41, 5.74) is 10.2. The van der Waals surface area contributed by atoms with Crippen LogP contribution in [0.25, 0.3) is 11.1 Å². The molecule has 0 aliphatic rings. The molecule has 0 aliphatic heterocycles. The van der Waals surface area contributed by atoms with Crippen LogP contribution in [0.5, 0.6) is 11.5 Å². The maximum absolute atomic E-state index is 5.66. The number of allylic oxidation sites excluding steroid dienone is 1. The van der Waals surface area contributed by atoms with E-state index in [1.165, 1.54) is 5.56 Å². The highest BCUT2D eigenvalue weighted by Crippen LogP contribution is 2.34. The van der Waals surface area contributed by atoms with Gasteiger partial charge >= 0.3 is 0 Å². The van der Waals surface area contributed by atoms with Gasteiger partial charge in [-0.3, -0.25) is 0 Å². The fourth-order valence-corrected chi connectivity index (χ4v) is 2.56. The first-order valence-corrected chi connectivity index (χ1v) is 7.38. The first kappa shape index (κ1) is 16.1. The maximum atomic E-state index is 5.66. The Bertz CT molecular complexity index is 650. The zero-order chi connectivity index (χ0) is 15.9.